The van der Waals surface area contributed by atoms with Gasteiger partial charge in [0, 0.05) is 11.6 Å². The van der Waals surface area contributed by atoms with Crippen LogP contribution in [-0.2, 0) is 0 Å². The van der Waals surface area contributed by atoms with Gasteiger partial charge in [-0.2, -0.15) is 0 Å². The maximum atomic E-state index is 13.3. The summed E-state index contributed by atoms with van der Waals surface area (Å²) in [7, 11) is 4.04. The molecule has 3 aromatic rings. The van der Waals surface area contributed by atoms with Gasteiger partial charge in [0.2, 0.25) is 0 Å². The molecular formula is C21H23Cl2N3OS. The molecule has 2 aromatic carbocycles. The summed E-state index contributed by atoms with van der Waals surface area (Å²) in [5.41, 5.74) is 3.75. The fourth-order valence-corrected chi connectivity index (χ4v) is 4.48. The Morgan fingerprint density at radius 3 is 2.46 bits per heavy atom. The van der Waals surface area contributed by atoms with Crippen LogP contribution in [0.25, 0.3) is 10.2 Å². The lowest BCUT2D eigenvalue weighted by Crippen LogP contribution is -2.33. The van der Waals surface area contributed by atoms with E-state index in [1.807, 2.05) is 14.1 Å². The molecule has 0 atom stereocenters. The molecule has 0 aliphatic rings. The van der Waals surface area contributed by atoms with E-state index >= 15 is 0 Å². The Morgan fingerprint density at radius 1 is 1.07 bits per heavy atom. The molecule has 3 rings (SSSR count). The quantitative estimate of drug-likeness (QED) is 0.489. The second-order valence-electron chi connectivity index (χ2n) is 7.14. The summed E-state index contributed by atoms with van der Waals surface area (Å²) in [5.74, 6) is -0.159. The molecule has 0 spiro atoms. The van der Waals surface area contributed by atoms with Gasteiger partial charge in [0.05, 0.1) is 20.8 Å². The molecule has 0 bridgehead atoms. The lowest BCUT2D eigenvalue weighted by molar-refractivity contribution is 0.0986. The summed E-state index contributed by atoms with van der Waals surface area (Å²) >= 11 is 13.8. The molecule has 0 saturated heterocycles. The molecule has 28 heavy (non-hydrogen) atoms. The lowest BCUT2D eigenvalue weighted by Gasteiger charge is -2.21. The lowest BCUT2D eigenvalue weighted by atomic mass is 10.1. The molecule has 0 aliphatic heterocycles. The third kappa shape index (κ3) is 4.66. The highest BCUT2D eigenvalue weighted by Gasteiger charge is 2.23. The summed E-state index contributed by atoms with van der Waals surface area (Å²) in [4.78, 5) is 21.9. The number of thiazole rings is 1. The van der Waals surface area contributed by atoms with Crippen molar-refractivity contribution in [2.24, 2.45) is 0 Å². The number of aryl methyl sites for hydroxylation is 2. The second kappa shape index (κ2) is 8.78. The van der Waals surface area contributed by atoms with Crippen molar-refractivity contribution in [1.82, 2.24) is 9.88 Å². The number of hydrogen-bond donors (Lipinski definition) is 0. The second-order valence-corrected chi connectivity index (χ2v) is 8.99. The van der Waals surface area contributed by atoms with Gasteiger partial charge in [-0.15, -0.1) is 0 Å². The number of nitrogens with zero attached hydrogens (tertiary/aromatic N) is 3. The molecule has 0 aliphatic carbocycles. The van der Waals surface area contributed by atoms with Crippen molar-refractivity contribution in [3.63, 3.8) is 0 Å². The van der Waals surface area contributed by atoms with E-state index in [1.165, 1.54) is 22.5 Å². The topological polar surface area (TPSA) is 36.4 Å². The summed E-state index contributed by atoms with van der Waals surface area (Å²) in [6.07, 6.45) is 0.831. The minimum absolute atomic E-state index is 0.159. The average Bonchev–Trinajstić information content (AvgIpc) is 3.00. The van der Waals surface area contributed by atoms with Crippen LogP contribution >= 0.6 is 34.5 Å². The Hall–Kier alpha value is -1.66. The highest BCUT2D eigenvalue weighted by molar-refractivity contribution is 7.22. The molecule has 7 heteroatoms. The number of halogens is 2. The van der Waals surface area contributed by atoms with Gasteiger partial charge >= 0.3 is 0 Å². The number of amides is 1. The number of rotatable bonds is 6. The summed E-state index contributed by atoms with van der Waals surface area (Å²) in [6.45, 7) is 5.60. The van der Waals surface area contributed by atoms with Gasteiger partial charge in [-0.25, -0.2) is 4.98 Å². The molecule has 0 saturated carbocycles. The first-order valence-electron chi connectivity index (χ1n) is 9.05. The minimum atomic E-state index is -0.159. The Balaban J connectivity index is 1.99. The Kier molecular flexibility index (Phi) is 6.61. The first-order valence-corrected chi connectivity index (χ1v) is 10.6. The molecule has 1 heterocycles. The first-order chi connectivity index (χ1) is 13.3. The highest BCUT2D eigenvalue weighted by Crippen LogP contribution is 2.32. The van der Waals surface area contributed by atoms with Crippen LogP contribution in [-0.4, -0.2) is 43.0 Å². The minimum Gasteiger partial charge on any atom is -0.309 e. The molecule has 0 N–H and O–H groups in total. The number of anilines is 1. The van der Waals surface area contributed by atoms with Gasteiger partial charge in [0.1, 0.15) is 0 Å². The van der Waals surface area contributed by atoms with Crippen molar-refractivity contribution in [2.45, 2.75) is 20.3 Å². The van der Waals surface area contributed by atoms with E-state index in [1.54, 1.807) is 23.1 Å². The predicted molar refractivity (Wildman–Crippen MR) is 120 cm³/mol. The van der Waals surface area contributed by atoms with Crippen molar-refractivity contribution >= 4 is 55.8 Å². The van der Waals surface area contributed by atoms with Gasteiger partial charge in [-0.1, -0.05) is 34.5 Å². The molecule has 0 fully saturated rings. The van der Waals surface area contributed by atoms with Crippen LogP contribution < -0.4 is 4.90 Å². The fourth-order valence-electron chi connectivity index (χ4n) is 2.92. The van der Waals surface area contributed by atoms with Crippen molar-refractivity contribution in [2.75, 3.05) is 32.1 Å². The van der Waals surface area contributed by atoms with Crippen molar-refractivity contribution in [3.05, 3.63) is 57.1 Å². The number of benzene rings is 2. The van der Waals surface area contributed by atoms with Gasteiger partial charge in [0.25, 0.3) is 5.91 Å². The number of carbonyl (C=O) groups excluding carboxylic acids is 1. The molecular weight excluding hydrogens is 413 g/mol. The Morgan fingerprint density at radius 2 is 1.79 bits per heavy atom. The van der Waals surface area contributed by atoms with E-state index < -0.39 is 0 Å². The normalized spacial score (nSPS) is 11.4. The van der Waals surface area contributed by atoms with Crippen LogP contribution in [0.4, 0.5) is 5.13 Å². The number of hydrogen-bond acceptors (Lipinski definition) is 4. The Bertz CT molecular complexity index is 977. The predicted octanol–water partition coefficient (Wildman–Crippen LogP) is 5.82. The van der Waals surface area contributed by atoms with E-state index in [9.17, 15) is 4.79 Å². The highest BCUT2D eigenvalue weighted by atomic mass is 35.5. The zero-order chi connectivity index (χ0) is 20.4. The summed E-state index contributed by atoms with van der Waals surface area (Å²) in [5, 5.41) is 1.55. The molecule has 1 aromatic heterocycles. The molecule has 4 nitrogen and oxygen atoms in total. The number of aromatic nitrogens is 1. The summed E-state index contributed by atoms with van der Waals surface area (Å²) in [6, 6.07) is 9.16. The van der Waals surface area contributed by atoms with Crippen LogP contribution in [0.15, 0.2) is 30.3 Å². The maximum Gasteiger partial charge on any atom is 0.261 e. The third-order valence-electron chi connectivity index (χ3n) is 4.62. The standard InChI is InChI=1S/C21H23Cl2N3OS/c1-13-10-18-19(11-14(13)2)28-21(24-18)26(9-5-8-25(3)4)20(27)16-7-6-15(22)12-17(16)23/h6-7,10-12H,5,8-9H2,1-4H3. The van der Waals surface area contributed by atoms with Gasteiger partial charge in [0.15, 0.2) is 5.13 Å². The van der Waals surface area contributed by atoms with E-state index in [0.717, 1.165) is 23.2 Å². The van der Waals surface area contributed by atoms with Crippen LogP contribution in [0.3, 0.4) is 0 Å². The van der Waals surface area contributed by atoms with Crippen molar-refractivity contribution < 1.29 is 4.79 Å². The third-order valence-corrected chi connectivity index (χ3v) is 6.21. The zero-order valence-corrected chi connectivity index (χ0v) is 18.8. The SMILES string of the molecule is Cc1cc2nc(N(CCCN(C)C)C(=O)c3ccc(Cl)cc3Cl)sc2cc1C. The van der Waals surface area contributed by atoms with Crippen molar-refractivity contribution in [3.8, 4) is 0 Å². The molecule has 0 radical (unpaired) electrons. The van der Waals surface area contributed by atoms with E-state index in [4.69, 9.17) is 28.2 Å². The van der Waals surface area contributed by atoms with Gasteiger partial charge in [-0.05, 0) is 82.4 Å². The van der Waals surface area contributed by atoms with Crippen molar-refractivity contribution in [1.29, 1.82) is 0 Å². The van der Waals surface area contributed by atoms with E-state index in [2.05, 4.69) is 30.9 Å². The number of fused-ring (bicyclic) bond motifs is 1. The largest absolute Gasteiger partial charge is 0.309 e. The van der Waals surface area contributed by atoms with E-state index in [0.29, 0.717) is 27.3 Å². The average molecular weight is 436 g/mol. The first kappa shape index (κ1) is 21.1. The molecule has 1 amide bonds. The monoisotopic (exact) mass is 435 g/mol. The Labute approximate surface area is 179 Å². The van der Waals surface area contributed by atoms with Gasteiger partial charge < -0.3 is 4.90 Å². The smallest absolute Gasteiger partial charge is 0.261 e. The van der Waals surface area contributed by atoms with Crippen LogP contribution in [0, 0.1) is 13.8 Å². The van der Waals surface area contributed by atoms with Crippen LogP contribution in [0.2, 0.25) is 10.0 Å². The van der Waals surface area contributed by atoms with Crippen LogP contribution in [0.1, 0.15) is 27.9 Å². The van der Waals surface area contributed by atoms with E-state index in [-0.39, 0.29) is 5.91 Å². The zero-order valence-electron chi connectivity index (χ0n) is 16.4. The molecule has 148 valence electrons. The molecule has 0 unspecified atom stereocenters. The summed E-state index contributed by atoms with van der Waals surface area (Å²) < 4.78 is 1.07. The fraction of sp³-hybridized carbons (Fsp3) is 0.333. The number of carbonyl (C=O) groups is 1. The maximum absolute atomic E-state index is 13.3. The van der Waals surface area contributed by atoms with Gasteiger partial charge in [-0.3, -0.25) is 9.69 Å². The van der Waals surface area contributed by atoms with Crippen LogP contribution in [0.5, 0.6) is 0 Å².